The number of sulfone groups is 1. The lowest BCUT2D eigenvalue weighted by atomic mass is 9.83. The van der Waals surface area contributed by atoms with Crippen molar-refractivity contribution in [2.75, 3.05) is 6.26 Å². The van der Waals surface area contributed by atoms with Crippen LogP contribution in [0.5, 0.6) is 0 Å². The highest BCUT2D eigenvalue weighted by molar-refractivity contribution is 7.90. The van der Waals surface area contributed by atoms with Crippen molar-refractivity contribution < 1.29 is 13.2 Å². The fourth-order valence-electron chi connectivity index (χ4n) is 3.43. The Morgan fingerprint density at radius 2 is 1.72 bits per heavy atom. The number of carbonyl (C=O) groups is 1. The number of aryl methyl sites for hydroxylation is 2. The van der Waals surface area contributed by atoms with E-state index >= 15 is 0 Å². The average Bonchev–Trinajstić information content (AvgIpc) is 2.63. The number of nitrogens with zero attached hydrogens (tertiary/aromatic N) is 1. The minimum absolute atomic E-state index is 0.0214. The van der Waals surface area contributed by atoms with Gasteiger partial charge in [-0.25, -0.2) is 8.42 Å². The third-order valence-electron chi connectivity index (χ3n) is 4.85. The second kappa shape index (κ2) is 8.47. The first-order chi connectivity index (χ1) is 13.6. The number of hydrogen-bond donors (Lipinski definition) is 0. The molecule has 2 aromatic carbocycles. The van der Waals surface area contributed by atoms with Crippen LogP contribution in [0.4, 0.5) is 0 Å². The van der Waals surface area contributed by atoms with Crippen LogP contribution in [0, 0.1) is 13.8 Å². The fourth-order valence-corrected chi connectivity index (χ4v) is 4.28. The van der Waals surface area contributed by atoms with Gasteiger partial charge in [0.1, 0.15) is 5.78 Å². The van der Waals surface area contributed by atoms with E-state index in [-0.39, 0.29) is 17.1 Å². The Labute approximate surface area is 176 Å². The summed E-state index contributed by atoms with van der Waals surface area (Å²) in [6.45, 7) is 3.81. The van der Waals surface area contributed by atoms with Crippen LogP contribution in [0.25, 0.3) is 0 Å². The Kier molecular flexibility index (Phi) is 6.20. The van der Waals surface area contributed by atoms with Gasteiger partial charge in [0, 0.05) is 29.6 Å². The normalized spacial score (nSPS) is 12.6. The van der Waals surface area contributed by atoms with Gasteiger partial charge in [-0.2, -0.15) is 0 Å². The van der Waals surface area contributed by atoms with Crippen LogP contribution < -0.4 is 0 Å². The minimum atomic E-state index is -3.31. The maximum absolute atomic E-state index is 13.4. The van der Waals surface area contributed by atoms with E-state index < -0.39 is 15.8 Å². The van der Waals surface area contributed by atoms with Gasteiger partial charge in [-0.15, -0.1) is 0 Å². The van der Waals surface area contributed by atoms with E-state index in [1.54, 1.807) is 36.5 Å². The van der Waals surface area contributed by atoms with Gasteiger partial charge in [0.2, 0.25) is 0 Å². The van der Waals surface area contributed by atoms with Crippen LogP contribution in [0.1, 0.15) is 33.9 Å². The van der Waals surface area contributed by atoms with Gasteiger partial charge >= 0.3 is 0 Å². The number of pyridine rings is 1. The molecule has 0 aliphatic rings. The van der Waals surface area contributed by atoms with Crippen molar-refractivity contribution in [3.05, 3.63) is 93.8 Å². The lowest BCUT2D eigenvalue weighted by molar-refractivity contribution is -0.119. The van der Waals surface area contributed by atoms with Crippen LogP contribution in [0.15, 0.2) is 65.7 Å². The molecule has 0 saturated carbocycles. The summed E-state index contributed by atoms with van der Waals surface area (Å²) in [5.41, 5.74) is 4.27. The summed E-state index contributed by atoms with van der Waals surface area (Å²) < 4.78 is 23.6. The van der Waals surface area contributed by atoms with Gasteiger partial charge in [0.15, 0.2) is 9.84 Å². The number of carbonyl (C=O) groups excluding carboxylic acids is 1. The highest BCUT2D eigenvalue weighted by atomic mass is 35.5. The molecule has 0 aliphatic heterocycles. The monoisotopic (exact) mass is 427 g/mol. The molecular weight excluding hydrogens is 406 g/mol. The Balaban J connectivity index is 2.05. The first-order valence-corrected chi connectivity index (χ1v) is 11.4. The van der Waals surface area contributed by atoms with Crippen molar-refractivity contribution >= 4 is 27.2 Å². The third kappa shape index (κ3) is 5.11. The Bertz CT molecular complexity index is 1150. The number of aromatic nitrogens is 1. The van der Waals surface area contributed by atoms with Gasteiger partial charge in [-0.3, -0.25) is 9.78 Å². The minimum Gasteiger partial charge on any atom is -0.298 e. The Morgan fingerprint density at radius 3 is 2.31 bits per heavy atom. The molecule has 0 N–H and O–H groups in total. The molecule has 0 saturated heterocycles. The average molecular weight is 428 g/mol. The fraction of sp³-hybridized carbons (Fsp3) is 0.217. The van der Waals surface area contributed by atoms with Crippen molar-refractivity contribution in [2.24, 2.45) is 0 Å². The van der Waals surface area contributed by atoms with E-state index in [1.807, 2.05) is 38.1 Å². The zero-order chi connectivity index (χ0) is 21.2. The maximum atomic E-state index is 13.4. The quantitative estimate of drug-likeness (QED) is 0.572. The standard InChI is InChI=1S/C23H22ClNO3S/c1-15-12-19(24)6-9-21(15)23(18-4-7-20(8-5-18)29(3,27)28)22(26)14-17-10-11-25-16(2)13-17/h4-13,23H,14H2,1-3H3/t23-/m1/s1. The Hall–Kier alpha value is -2.50. The molecule has 0 bridgehead atoms. The van der Waals surface area contributed by atoms with Gasteiger partial charge in [0.05, 0.1) is 10.8 Å². The van der Waals surface area contributed by atoms with E-state index in [0.29, 0.717) is 5.02 Å². The molecule has 3 rings (SSSR count). The zero-order valence-corrected chi connectivity index (χ0v) is 18.1. The summed E-state index contributed by atoms with van der Waals surface area (Å²) >= 11 is 6.11. The lowest BCUT2D eigenvalue weighted by Crippen LogP contribution is -2.18. The second-order valence-corrected chi connectivity index (χ2v) is 9.68. The van der Waals surface area contributed by atoms with E-state index in [1.165, 1.54) is 6.26 Å². The highest BCUT2D eigenvalue weighted by Crippen LogP contribution is 2.31. The smallest absolute Gasteiger partial charge is 0.175 e. The third-order valence-corrected chi connectivity index (χ3v) is 6.21. The van der Waals surface area contributed by atoms with Gasteiger partial charge in [0.25, 0.3) is 0 Å². The molecule has 0 radical (unpaired) electrons. The number of hydrogen-bond acceptors (Lipinski definition) is 4. The van der Waals surface area contributed by atoms with Crippen LogP contribution >= 0.6 is 11.6 Å². The van der Waals surface area contributed by atoms with E-state index in [9.17, 15) is 13.2 Å². The van der Waals surface area contributed by atoms with Gasteiger partial charge < -0.3 is 0 Å². The highest BCUT2D eigenvalue weighted by Gasteiger charge is 2.25. The van der Waals surface area contributed by atoms with Crippen LogP contribution in [-0.2, 0) is 21.1 Å². The molecule has 1 atom stereocenters. The second-order valence-electron chi connectivity index (χ2n) is 7.22. The molecule has 3 aromatic rings. The summed E-state index contributed by atoms with van der Waals surface area (Å²) in [6, 6.07) is 15.7. The van der Waals surface area contributed by atoms with Gasteiger partial charge in [-0.1, -0.05) is 29.8 Å². The first-order valence-electron chi connectivity index (χ1n) is 9.15. The predicted molar refractivity (Wildman–Crippen MR) is 115 cm³/mol. The molecule has 6 heteroatoms. The topological polar surface area (TPSA) is 64.1 Å². The molecule has 4 nitrogen and oxygen atoms in total. The number of rotatable bonds is 6. The molecule has 0 amide bonds. The predicted octanol–water partition coefficient (Wildman–Crippen LogP) is 4.70. The van der Waals surface area contributed by atoms with E-state index in [4.69, 9.17) is 11.6 Å². The van der Waals surface area contributed by atoms with Crippen molar-refractivity contribution in [1.82, 2.24) is 4.98 Å². The number of ketones is 1. The molecule has 0 fully saturated rings. The summed E-state index contributed by atoms with van der Waals surface area (Å²) in [5.74, 6) is -0.498. The molecule has 1 heterocycles. The zero-order valence-electron chi connectivity index (χ0n) is 16.5. The van der Waals surface area contributed by atoms with Crippen molar-refractivity contribution in [1.29, 1.82) is 0 Å². The van der Waals surface area contributed by atoms with Crippen molar-refractivity contribution in [2.45, 2.75) is 31.1 Å². The maximum Gasteiger partial charge on any atom is 0.175 e. The molecule has 0 aliphatic carbocycles. The van der Waals surface area contributed by atoms with Crippen LogP contribution in [0.2, 0.25) is 5.02 Å². The summed E-state index contributed by atoms with van der Waals surface area (Å²) in [5, 5.41) is 0.606. The summed E-state index contributed by atoms with van der Waals surface area (Å²) in [4.78, 5) is 17.8. The molecule has 0 spiro atoms. The SMILES string of the molecule is Cc1cc(CC(=O)[C@H](c2ccc(S(C)(=O)=O)cc2)c2ccc(Cl)cc2C)ccn1. The van der Waals surface area contributed by atoms with Crippen molar-refractivity contribution in [3.63, 3.8) is 0 Å². The van der Waals surface area contributed by atoms with E-state index in [0.717, 1.165) is 27.9 Å². The number of halogens is 1. The van der Waals surface area contributed by atoms with Crippen LogP contribution in [0.3, 0.4) is 0 Å². The lowest BCUT2D eigenvalue weighted by Gasteiger charge is -2.20. The van der Waals surface area contributed by atoms with Crippen molar-refractivity contribution in [3.8, 4) is 0 Å². The molecule has 0 unspecified atom stereocenters. The largest absolute Gasteiger partial charge is 0.298 e. The van der Waals surface area contributed by atoms with Crippen LogP contribution in [-0.4, -0.2) is 25.4 Å². The number of benzene rings is 2. The molecule has 150 valence electrons. The molecular formula is C23H22ClNO3S. The molecule has 29 heavy (non-hydrogen) atoms. The van der Waals surface area contributed by atoms with Gasteiger partial charge in [-0.05, 0) is 72.5 Å². The first kappa shape index (κ1) is 21.2. The summed E-state index contributed by atoms with van der Waals surface area (Å²) in [7, 11) is -3.31. The molecule has 1 aromatic heterocycles. The summed E-state index contributed by atoms with van der Waals surface area (Å²) in [6.07, 6.45) is 3.12. The Morgan fingerprint density at radius 1 is 1.03 bits per heavy atom. The number of Topliss-reactive ketones (excluding diaryl/α,β-unsaturated/α-hetero) is 1. The van der Waals surface area contributed by atoms with E-state index in [2.05, 4.69) is 4.98 Å².